The number of aromatic nitrogens is 2. The molecule has 1 heterocycles. The number of carbonyl (C=O) groups excluding carboxylic acids is 1. The fourth-order valence-electron chi connectivity index (χ4n) is 2.72. The lowest BCUT2D eigenvalue weighted by atomic mass is 9.91. The summed E-state index contributed by atoms with van der Waals surface area (Å²) in [6.07, 6.45) is 1.78. The Balaban J connectivity index is 1.94. The van der Waals surface area contributed by atoms with Crippen molar-refractivity contribution in [2.24, 2.45) is 0 Å². The molecule has 1 aromatic heterocycles. The number of methoxy groups -OCH3 is 1. The van der Waals surface area contributed by atoms with Crippen molar-refractivity contribution in [3.63, 3.8) is 0 Å². The summed E-state index contributed by atoms with van der Waals surface area (Å²) in [5.41, 5.74) is 3.92. The van der Waals surface area contributed by atoms with Crippen molar-refractivity contribution in [2.45, 2.75) is 12.3 Å². The van der Waals surface area contributed by atoms with E-state index in [0.717, 1.165) is 16.7 Å². The number of hydrogen-bond acceptors (Lipinski definition) is 4. The first kappa shape index (κ1) is 17.1. The van der Waals surface area contributed by atoms with Gasteiger partial charge in [-0.1, -0.05) is 54.6 Å². The van der Waals surface area contributed by atoms with Gasteiger partial charge in [-0.05, 0) is 34.4 Å². The lowest BCUT2D eigenvalue weighted by molar-refractivity contribution is -0.140. The number of hydrogen-bond donors (Lipinski definition) is 0. The number of nitrogens with zero attached hydrogens (tertiary/aromatic N) is 2. The standard InChI is InChI=1S/C20H17ClN2O2/c1-25-19(24)13-17(18-11-12-22-20(21)23-18)16-9-7-15(8-10-16)14-5-3-2-4-6-14/h2-12,17H,13H2,1H3. The van der Waals surface area contributed by atoms with Gasteiger partial charge in [0.15, 0.2) is 0 Å². The average Bonchev–Trinajstić information content (AvgIpc) is 2.67. The van der Waals surface area contributed by atoms with Crippen LogP contribution in [-0.4, -0.2) is 23.0 Å². The minimum Gasteiger partial charge on any atom is -0.469 e. The molecule has 0 aliphatic heterocycles. The predicted molar refractivity (Wildman–Crippen MR) is 97.4 cm³/mol. The maximum atomic E-state index is 11.8. The molecule has 2 aromatic carbocycles. The number of esters is 1. The normalized spacial score (nSPS) is 11.8. The molecule has 0 saturated heterocycles. The molecule has 1 atom stereocenters. The molecule has 3 rings (SSSR count). The smallest absolute Gasteiger partial charge is 0.306 e. The van der Waals surface area contributed by atoms with Crippen molar-refractivity contribution >= 4 is 17.6 Å². The molecule has 0 bridgehead atoms. The Kier molecular flexibility index (Phi) is 5.41. The van der Waals surface area contributed by atoms with Crippen molar-refractivity contribution in [3.05, 3.63) is 83.4 Å². The van der Waals surface area contributed by atoms with E-state index >= 15 is 0 Å². The van der Waals surface area contributed by atoms with Gasteiger partial charge < -0.3 is 4.74 Å². The Morgan fingerprint density at radius 1 is 1.04 bits per heavy atom. The first-order chi connectivity index (χ1) is 12.2. The highest BCUT2D eigenvalue weighted by Crippen LogP contribution is 2.29. The second kappa shape index (κ2) is 7.90. The third kappa shape index (κ3) is 4.22. The van der Waals surface area contributed by atoms with Crippen LogP contribution in [0, 0.1) is 0 Å². The van der Waals surface area contributed by atoms with Crippen LogP contribution in [0.5, 0.6) is 0 Å². The van der Waals surface area contributed by atoms with E-state index < -0.39 is 0 Å². The molecular formula is C20H17ClN2O2. The Hall–Kier alpha value is -2.72. The summed E-state index contributed by atoms with van der Waals surface area (Å²) in [5, 5.41) is 0.160. The molecule has 126 valence electrons. The van der Waals surface area contributed by atoms with Gasteiger partial charge in [0.25, 0.3) is 0 Å². The summed E-state index contributed by atoms with van der Waals surface area (Å²) in [6, 6.07) is 20.0. The van der Waals surface area contributed by atoms with Gasteiger partial charge in [-0.2, -0.15) is 0 Å². The molecule has 3 aromatic rings. The number of benzene rings is 2. The van der Waals surface area contributed by atoms with E-state index in [9.17, 15) is 4.79 Å². The Bertz CT molecular complexity index is 851. The Morgan fingerprint density at radius 3 is 2.36 bits per heavy atom. The van der Waals surface area contributed by atoms with Crippen molar-refractivity contribution in [1.29, 1.82) is 0 Å². The number of ether oxygens (including phenoxy) is 1. The van der Waals surface area contributed by atoms with E-state index in [1.807, 2.05) is 42.5 Å². The second-order valence-corrected chi connectivity index (χ2v) is 5.91. The fourth-order valence-corrected chi connectivity index (χ4v) is 2.88. The molecule has 1 unspecified atom stereocenters. The predicted octanol–water partition coefficient (Wildman–Crippen LogP) is 4.49. The maximum absolute atomic E-state index is 11.8. The largest absolute Gasteiger partial charge is 0.469 e. The third-order valence-electron chi connectivity index (χ3n) is 4.02. The molecule has 0 fully saturated rings. The van der Waals surface area contributed by atoms with Crippen LogP contribution in [0.1, 0.15) is 23.6 Å². The molecule has 4 nitrogen and oxygen atoms in total. The summed E-state index contributed by atoms with van der Waals surface area (Å²) >= 11 is 5.91. The van der Waals surface area contributed by atoms with Crippen molar-refractivity contribution in [3.8, 4) is 11.1 Å². The topological polar surface area (TPSA) is 52.1 Å². The van der Waals surface area contributed by atoms with E-state index in [1.165, 1.54) is 7.11 Å². The van der Waals surface area contributed by atoms with Crippen LogP contribution < -0.4 is 0 Å². The van der Waals surface area contributed by atoms with Crippen LogP contribution in [-0.2, 0) is 9.53 Å². The van der Waals surface area contributed by atoms with E-state index in [1.54, 1.807) is 12.3 Å². The summed E-state index contributed by atoms with van der Waals surface area (Å²) < 4.78 is 4.83. The van der Waals surface area contributed by atoms with Crippen LogP contribution in [0.2, 0.25) is 5.28 Å². The van der Waals surface area contributed by atoms with Gasteiger partial charge in [-0.25, -0.2) is 9.97 Å². The quantitative estimate of drug-likeness (QED) is 0.501. The SMILES string of the molecule is COC(=O)CC(c1ccc(-c2ccccc2)cc1)c1ccnc(Cl)n1. The zero-order valence-electron chi connectivity index (χ0n) is 13.7. The summed E-state index contributed by atoms with van der Waals surface area (Å²) in [4.78, 5) is 20.0. The highest BCUT2D eigenvalue weighted by molar-refractivity contribution is 6.28. The second-order valence-electron chi connectivity index (χ2n) is 5.57. The highest BCUT2D eigenvalue weighted by Gasteiger charge is 2.20. The molecule has 0 saturated carbocycles. The van der Waals surface area contributed by atoms with Crippen LogP contribution in [0.3, 0.4) is 0 Å². The number of carbonyl (C=O) groups is 1. The van der Waals surface area contributed by atoms with Crippen LogP contribution in [0.25, 0.3) is 11.1 Å². The van der Waals surface area contributed by atoms with E-state index in [0.29, 0.717) is 5.69 Å². The molecule has 0 aliphatic rings. The number of rotatable bonds is 5. The van der Waals surface area contributed by atoms with Gasteiger partial charge in [0, 0.05) is 12.1 Å². The Labute approximate surface area is 151 Å². The third-order valence-corrected chi connectivity index (χ3v) is 4.21. The molecule has 0 radical (unpaired) electrons. The van der Waals surface area contributed by atoms with Crippen LogP contribution in [0.4, 0.5) is 0 Å². The first-order valence-corrected chi connectivity index (χ1v) is 8.26. The minimum absolute atomic E-state index is 0.160. The van der Waals surface area contributed by atoms with Gasteiger partial charge in [0.1, 0.15) is 0 Å². The van der Waals surface area contributed by atoms with Gasteiger partial charge >= 0.3 is 5.97 Å². The van der Waals surface area contributed by atoms with E-state index in [2.05, 4.69) is 22.1 Å². The van der Waals surface area contributed by atoms with Gasteiger partial charge in [-0.3, -0.25) is 4.79 Å². The fraction of sp³-hybridized carbons (Fsp3) is 0.150. The first-order valence-electron chi connectivity index (χ1n) is 7.88. The van der Waals surface area contributed by atoms with Gasteiger partial charge in [0.05, 0.1) is 19.2 Å². The molecule has 0 amide bonds. The maximum Gasteiger partial charge on any atom is 0.306 e. The monoisotopic (exact) mass is 352 g/mol. The highest BCUT2D eigenvalue weighted by atomic mass is 35.5. The van der Waals surface area contributed by atoms with Crippen LogP contribution in [0.15, 0.2) is 66.9 Å². The van der Waals surface area contributed by atoms with Crippen molar-refractivity contribution < 1.29 is 9.53 Å². The molecule has 5 heteroatoms. The molecular weight excluding hydrogens is 336 g/mol. The van der Waals surface area contributed by atoms with Gasteiger partial charge in [-0.15, -0.1) is 0 Å². The average molecular weight is 353 g/mol. The molecule has 0 aliphatic carbocycles. The zero-order valence-corrected chi connectivity index (χ0v) is 14.5. The number of halogens is 1. The van der Waals surface area contributed by atoms with Gasteiger partial charge in [0.2, 0.25) is 5.28 Å². The molecule has 25 heavy (non-hydrogen) atoms. The van der Waals surface area contributed by atoms with Crippen molar-refractivity contribution in [2.75, 3.05) is 7.11 Å². The summed E-state index contributed by atoms with van der Waals surface area (Å²) in [7, 11) is 1.38. The lowest BCUT2D eigenvalue weighted by Gasteiger charge is -2.16. The molecule has 0 N–H and O–H groups in total. The lowest BCUT2D eigenvalue weighted by Crippen LogP contribution is -2.11. The van der Waals surface area contributed by atoms with Crippen LogP contribution >= 0.6 is 11.6 Å². The van der Waals surface area contributed by atoms with E-state index in [-0.39, 0.29) is 23.6 Å². The van der Waals surface area contributed by atoms with Crippen molar-refractivity contribution in [1.82, 2.24) is 9.97 Å². The summed E-state index contributed by atoms with van der Waals surface area (Å²) in [6.45, 7) is 0. The minimum atomic E-state index is -0.299. The zero-order chi connectivity index (χ0) is 17.6. The molecule has 0 spiro atoms. The summed E-state index contributed by atoms with van der Waals surface area (Å²) in [5.74, 6) is -0.537. The Morgan fingerprint density at radius 2 is 1.72 bits per heavy atom. The van der Waals surface area contributed by atoms with E-state index in [4.69, 9.17) is 16.3 Å².